The second kappa shape index (κ2) is 27.1. The van der Waals surface area contributed by atoms with Crippen LogP contribution < -0.4 is 0 Å². The highest BCUT2D eigenvalue weighted by atomic mass is 32.1. The lowest BCUT2D eigenvalue weighted by molar-refractivity contribution is 0.0630. The summed E-state index contributed by atoms with van der Waals surface area (Å²) >= 11 is 14.3. The molecule has 444 valence electrons. The molecule has 10 aromatic rings. The van der Waals surface area contributed by atoms with Crippen LogP contribution in [0.2, 0.25) is 0 Å². The summed E-state index contributed by atoms with van der Waals surface area (Å²) in [6.45, 7) is 9.00. The number of unbranched alkanes of at least 4 members (excludes halogenated alkanes) is 12. The van der Waals surface area contributed by atoms with Gasteiger partial charge in [0.05, 0.1) is 11.1 Å². The minimum absolute atomic E-state index is 0.339. The van der Waals surface area contributed by atoms with Crippen LogP contribution >= 0.6 is 90.7 Å². The molecule has 0 unspecified atom stereocenters. The van der Waals surface area contributed by atoms with Crippen LogP contribution in [-0.2, 0) is 25.7 Å². The van der Waals surface area contributed by atoms with E-state index in [2.05, 4.69) is 111 Å². The van der Waals surface area contributed by atoms with Crippen LogP contribution in [0.1, 0.15) is 194 Å². The fourth-order valence-electron chi connectivity index (χ4n) is 12.4. The number of imide groups is 2. The highest BCUT2D eigenvalue weighted by Gasteiger charge is 2.42. The number of carbonyl (C=O) groups excluding carboxylic acids is 4. The first kappa shape index (κ1) is 60.8. The van der Waals surface area contributed by atoms with Crippen molar-refractivity contribution < 1.29 is 19.2 Å². The molecule has 2 aliphatic rings. The molecular weight excluding hydrogens is 1210 g/mol. The normalized spacial score (nSPS) is 13.3. The standard InChI is InChI=1S/C72H74N2O4S8/c1-7-11-15-19-23-43-35-37-79-65(43)55-31-27-51(81-55)53-29-33-57(83-53)67-45(25-21-17-13-9-3)39-59(85-67)47-41-49-62-61-50(70(76)73(5)71(77)63(47)61)42-48(64(62)72(78)74(6)69(49)75)60-40-46(26-22-18-14-10-4)68(86-60)58-34-30-54(84-58)52-28-32-56(82-52)66-44(36-38-80-66)24-20-16-12-8-2/h27-42H,7-26H2,1-6H3. The van der Waals surface area contributed by atoms with Gasteiger partial charge in [-0.25, -0.2) is 0 Å². The van der Waals surface area contributed by atoms with E-state index in [4.69, 9.17) is 0 Å². The maximum atomic E-state index is 15.0. The van der Waals surface area contributed by atoms with Gasteiger partial charge in [-0.1, -0.05) is 105 Å². The fraction of sp³-hybridized carbons (Fsp3) is 0.361. The van der Waals surface area contributed by atoms with Gasteiger partial charge in [-0.15, -0.1) is 90.7 Å². The Morgan fingerprint density at radius 3 is 0.953 bits per heavy atom. The van der Waals surface area contributed by atoms with Gasteiger partial charge >= 0.3 is 0 Å². The second-order valence-corrected chi connectivity index (χ2v) is 31.4. The first-order valence-electron chi connectivity index (χ1n) is 31.1. The monoisotopic (exact) mass is 1290 g/mol. The zero-order valence-electron chi connectivity index (χ0n) is 50.2. The largest absolute Gasteiger partial charge is 0.277 e. The van der Waals surface area contributed by atoms with E-state index in [0.29, 0.717) is 44.2 Å². The van der Waals surface area contributed by atoms with Gasteiger partial charge in [-0.3, -0.25) is 29.0 Å². The Morgan fingerprint density at radius 2 is 0.616 bits per heavy atom. The van der Waals surface area contributed by atoms with Gasteiger partial charge in [0, 0.05) is 115 Å². The van der Waals surface area contributed by atoms with Crippen LogP contribution in [-0.4, -0.2) is 47.5 Å². The Balaban J connectivity index is 0.934. The molecule has 14 heteroatoms. The minimum atomic E-state index is -0.438. The second-order valence-electron chi connectivity index (χ2n) is 23.2. The van der Waals surface area contributed by atoms with E-state index in [0.717, 1.165) is 96.6 Å². The molecule has 2 aliphatic heterocycles. The van der Waals surface area contributed by atoms with Crippen molar-refractivity contribution in [2.45, 2.75) is 156 Å². The van der Waals surface area contributed by atoms with Crippen LogP contribution in [0.3, 0.4) is 0 Å². The third-order valence-electron chi connectivity index (χ3n) is 17.2. The van der Waals surface area contributed by atoms with E-state index in [1.165, 1.54) is 132 Å². The molecule has 0 bridgehead atoms. The highest BCUT2D eigenvalue weighted by molar-refractivity contribution is 7.30. The summed E-state index contributed by atoms with van der Waals surface area (Å²) in [6.07, 6.45) is 22.9. The number of hydrogen-bond donors (Lipinski definition) is 0. The van der Waals surface area contributed by atoms with Crippen LogP contribution in [0.4, 0.5) is 0 Å². The van der Waals surface area contributed by atoms with E-state index >= 15 is 0 Å². The van der Waals surface area contributed by atoms with E-state index < -0.39 is 23.6 Å². The van der Waals surface area contributed by atoms with Gasteiger partial charge in [0.15, 0.2) is 0 Å². The van der Waals surface area contributed by atoms with Gasteiger partial charge in [0.25, 0.3) is 23.6 Å². The molecule has 86 heavy (non-hydrogen) atoms. The predicted octanol–water partition coefficient (Wildman–Crippen LogP) is 23.6. The lowest BCUT2D eigenvalue weighted by Crippen LogP contribution is -2.41. The van der Waals surface area contributed by atoms with E-state index in [1.54, 1.807) is 59.4 Å². The number of carbonyl (C=O) groups is 4. The lowest BCUT2D eigenvalue weighted by Gasteiger charge is -2.32. The van der Waals surface area contributed by atoms with Crippen LogP contribution in [0.15, 0.2) is 95.7 Å². The molecule has 12 rings (SSSR count). The van der Waals surface area contributed by atoms with Crippen molar-refractivity contribution in [2.75, 3.05) is 14.1 Å². The number of amides is 4. The zero-order valence-corrected chi connectivity index (χ0v) is 56.7. The van der Waals surface area contributed by atoms with Gasteiger partial charge in [-0.05, 0) is 169 Å². The van der Waals surface area contributed by atoms with Crippen molar-refractivity contribution in [1.29, 1.82) is 0 Å². The number of thiophene rings is 8. The highest BCUT2D eigenvalue weighted by Crippen LogP contribution is 2.53. The maximum Gasteiger partial charge on any atom is 0.261 e. The van der Waals surface area contributed by atoms with Gasteiger partial charge in [-0.2, -0.15) is 0 Å². The van der Waals surface area contributed by atoms with Crippen molar-refractivity contribution >= 4 is 125 Å². The Labute approximate surface area is 539 Å². The smallest absolute Gasteiger partial charge is 0.261 e. The molecular formula is C72H74N2O4S8. The summed E-state index contributed by atoms with van der Waals surface area (Å²) in [4.78, 5) is 78.9. The van der Waals surface area contributed by atoms with Crippen molar-refractivity contribution in [2.24, 2.45) is 0 Å². The predicted molar refractivity (Wildman–Crippen MR) is 375 cm³/mol. The first-order chi connectivity index (χ1) is 42.0. The van der Waals surface area contributed by atoms with E-state index in [9.17, 15) is 19.2 Å². The van der Waals surface area contributed by atoms with Crippen LogP contribution in [0.5, 0.6) is 0 Å². The molecule has 0 radical (unpaired) electrons. The van der Waals surface area contributed by atoms with Crippen molar-refractivity contribution in [3.63, 3.8) is 0 Å². The maximum absolute atomic E-state index is 15.0. The molecule has 8 aromatic heterocycles. The molecule has 4 amide bonds. The SMILES string of the molecule is CCCCCCc1ccsc1-c1ccc(-c2ccc(-c3sc(-c4cc5c6c(c(-c7cc(CCCCCC)c(-c8ccc(-c9ccc(-c%10sccc%10CCCCCC)s9)s8)s7)cc7c6c4C(=O)N(C)C7=O)C(=O)N(C)C5=O)cc3CCCCCC)s2)s1. The Kier molecular flexibility index (Phi) is 19.2. The van der Waals surface area contributed by atoms with E-state index in [1.807, 2.05) is 57.5 Å². The summed E-state index contributed by atoms with van der Waals surface area (Å²) in [7, 11) is 3.12. The third kappa shape index (κ3) is 12.0. The average molecular weight is 1290 g/mol. The van der Waals surface area contributed by atoms with Gasteiger partial charge in [0.2, 0.25) is 0 Å². The Morgan fingerprint density at radius 1 is 0.302 bits per heavy atom. The van der Waals surface area contributed by atoms with E-state index in [-0.39, 0.29) is 0 Å². The van der Waals surface area contributed by atoms with Crippen molar-refractivity contribution in [1.82, 2.24) is 9.80 Å². The molecule has 0 atom stereocenters. The van der Waals surface area contributed by atoms with Crippen LogP contribution in [0, 0.1) is 0 Å². The fourth-order valence-corrected chi connectivity index (χ4v) is 21.6. The molecule has 10 heterocycles. The summed E-state index contributed by atoms with van der Waals surface area (Å²) in [5.74, 6) is -1.74. The average Bonchev–Trinajstić information content (AvgIpc) is 1.66. The third-order valence-corrected chi connectivity index (χ3v) is 26.9. The first-order valence-corrected chi connectivity index (χ1v) is 37.8. The molecule has 0 saturated heterocycles. The Bertz CT molecular complexity index is 3860. The number of aryl methyl sites for hydroxylation is 4. The topological polar surface area (TPSA) is 74.8 Å². The molecule has 6 nitrogen and oxygen atoms in total. The zero-order chi connectivity index (χ0) is 59.6. The summed E-state index contributed by atoms with van der Waals surface area (Å²) in [5, 5.41) is 5.28. The summed E-state index contributed by atoms with van der Waals surface area (Å²) in [5.41, 5.74) is 8.00. The number of nitrogens with zero attached hydrogens (tertiary/aromatic N) is 2. The molecule has 0 aliphatic carbocycles. The molecule has 0 saturated carbocycles. The quantitative estimate of drug-likeness (QED) is 0.0362. The van der Waals surface area contributed by atoms with Gasteiger partial charge in [0.1, 0.15) is 0 Å². The van der Waals surface area contributed by atoms with Gasteiger partial charge < -0.3 is 0 Å². The summed E-state index contributed by atoms with van der Waals surface area (Å²) in [6, 6.07) is 30.9. The molecule has 0 spiro atoms. The van der Waals surface area contributed by atoms with Crippen molar-refractivity contribution in [3.05, 3.63) is 140 Å². The Hall–Kier alpha value is -5.42. The molecule has 2 aromatic carbocycles. The molecule has 0 N–H and O–H groups in total. The van der Waals surface area contributed by atoms with Crippen molar-refractivity contribution in [3.8, 4) is 79.4 Å². The minimum Gasteiger partial charge on any atom is -0.277 e. The van der Waals surface area contributed by atoms with Crippen LogP contribution in [0.25, 0.3) is 90.2 Å². The lowest BCUT2D eigenvalue weighted by atomic mass is 9.81. The number of benzene rings is 2. The number of hydrogen-bond acceptors (Lipinski definition) is 12. The molecule has 0 fully saturated rings. The number of rotatable bonds is 28. The summed E-state index contributed by atoms with van der Waals surface area (Å²) < 4.78 is 0.